The molecule has 0 saturated heterocycles. The second-order valence-corrected chi connectivity index (χ2v) is 5.57. The van der Waals surface area contributed by atoms with Crippen molar-refractivity contribution in [3.8, 4) is 11.5 Å². The lowest BCUT2D eigenvalue weighted by molar-refractivity contribution is -0.145. The van der Waals surface area contributed by atoms with E-state index in [4.69, 9.17) is 9.47 Å². The van der Waals surface area contributed by atoms with E-state index in [9.17, 15) is 4.79 Å². The summed E-state index contributed by atoms with van der Waals surface area (Å²) in [6, 6.07) is 18.8. The Hall–Kier alpha value is -2.41. The molecule has 0 aliphatic carbocycles. The Kier molecular flexibility index (Phi) is 6.22. The van der Waals surface area contributed by atoms with Crippen molar-refractivity contribution < 1.29 is 14.3 Å². The molecule has 4 rings (SSSR count). The SMILES string of the molecule is CI.O=C(OCc1ccncc1)C1c2ccccc2Oc2ccccc21. The third kappa shape index (κ3) is 3.88. The molecule has 0 fully saturated rings. The van der Waals surface area contributed by atoms with Crippen LogP contribution in [0.2, 0.25) is 0 Å². The molecule has 3 aromatic rings. The molecular weight excluding hydrogens is 441 g/mol. The van der Waals surface area contributed by atoms with Gasteiger partial charge in [-0.05, 0) is 34.8 Å². The van der Waals surface area contributed by atoms with Crippen molar-refractivity contribution in [3.05, 3.63) is 89.7 Å². The van der Waals surface area contributed by atoms with Gasteiger partial charge in [0.15, 0.2) is 0 Å². The fourth-order valence-corrected chi connectivity index (χ4v) is 2.88. The standard InChI is InChI=1S/C20H15NO3.CH3I/c22-20(23-13-14-9-11-21-12-10-14)19-15-5-1-3-7-17(15)24-18-8-4-2-6-16(18)19;1-2/h1-12,19H,13H2;1H3. The van der Waals surface area contributed by atoms with Gasteiger partial charge in [0.05, 0.1) is 0 Å². The van der Waals surface area contributed by atoms with Crippen LogP contribution in [0, 0.1) is 0 Å². The van der Waals surface area contributed by atoms with Crippen molar-refractivity contribution in [2.75, 3.05) is 4.93 Å². The number of nitrogens with zero attached hydrogens (tertiary/aromatic N) is 1. The van der Waals surface area contributed by atoms with E-state index >= 15 is 0 Å². The first-order valence-corrected chi connectivity index (χ1v) is 10.3. The van der Waals surface area contributed by atoms with Gasteiger partial charge in [0.1, 0.15) is 24.0 Å². The summed E-state index contributed by atoms with van der Waals surface area (Å²) in [5.41, 5.74) is 2.57. The zero-order chi connectivity index (χ0) is 18.4. The molecule has 1 aromatic heterocycles. The molecule has 4 nitrogen and oxygen atoms in total. The quantitative estimate of drug-likeness (QED) is 0.310. The second-order valence-electron chi connectivity index (χ2n) is 5.57. The lowest BCUT2D eigenvalue weighted by Gasteiger charge is -2.26. The number of hydrogen-bond acceptors (Lipinski definition) is 4. The largest absolute Gasteiger partial charge is 0.460 e. The van der Waals surface area contributed by atoms with E-state index in [1.165, 1.54) is 0 Å². The molecule has 0 atom stereocenters. The monoisotopic (exact) mass is 459 g/mol. The molecule has 1 aliphatic rings. The van der Waals surface area contributed by atoms with Crippen LogP contribution in [0.4, 0.5) is 0 Å². The first kappa shape index (κ1) is 18.4. The number of para-hydroxylation sites is 2. The highest BCUT2D eigenvalue weighted by Crippen LogP contribution is 2.44. The molecule has 0 unspecified atom stereocenters. The number of aromatic nitrogens is 1. The van der Waals surface area contributed by atoms with Gasteiger partial charge in [0.25, 0.3) is 0 Å². The van der Waals surface area contributed by atoms with Gasteiger partial charge in [-0.1, -0.05) is 59.0 Å². The van der Waals surface area contributed by atoms with Gasteiger partial charge in [-0.15, -0.1) is 0 Å². The first-order valence-electron chi connectivity index (χ1n) is 8.12. The summed E-state index contributed by atoms with van der Waals surface area (Å²) in [5.74, 6) is 0.632. The molecule has 0 radical (unpaired) electrons. The number of hydrogen-bond donors (Lipinski definition) is 0. The Labute approximate surface area is 166 Å². The van der Waals surface area contributed by atoms with Crippen molar-refractivity contribution in [1.29, 1.82) is 0 Å². The molecule has 26 heavy (non-hydrogen) atoms. The van der Waals surface area contributed by atoms with Gasteiger partial charge < -0.3 is 9.47 Å². The number of carbonyl (C=O) groups excluding carboxylic acids is 1. The Morgan fingerprint density at radius 3 is 2.08 bits per heavy atom. The van der Waals surface area contributed by atoms with Crippen LogP contribution in [-0.2, 0) is 16.1 Å². The summed E-state index contributed by atoms with van der Waals surface area (Å²) in [6.45, 7) is 0.225. The fourth-order valence-electron chi connectivity index (χ4n) is 2.88. The highest BCUT2D eigenvalue weighted by atomic mass is 127. The minimum absolute atomic E-state index is 0.225. The molecule has 0 spiro atoms. The van der Waals surface area contributed by atoms with E-state index < -0.39 is 5.92 Å². The molecule has 0 saturated carbocycles. The number of halogens is 1. The van der Waals surface area contributed by atoms with Crippen molar-refractivity contribution in [2.45, 2.75) is 12.5 Å². The van der Waals surface area contributed by atoms with E-state index in [0.717, 1.165) is 16.7 Å². The summed E-state index contributed by atoms with van der Waals surface area (Å²) in [5, 5.41) is 0. The Morgan fingerprint density at radius 2 is 1.50 bits per heavy atom. The maximum atomic E-state index is 12.8. The van der Waals surface area contributed by atoms with Crippen molar-refractivity contribution >= 4 is 28.6 Å². The van der Waals surface area contributed by atoms with E-state index in [0.29, 0.717) is 11.5 Å². The lowest BCUT2D eigenvalue weighted by Crippen LogP contribution is -2.21. The summed E-state index contributed by atoms with van der Waals surface area (Å²) in [4.78, 5) is 18.7. The normalized spacial score (nSPS) is 11.9. The van der Waals surface area contributed by atoms with Crippen molar-refractivity contribution in [1.82, 2.24) is 4.98 Å². The Morgan fingerprint density at radius 1 is 0.962 bits per heavy atom. The maximum Gasteiger partial charge on any atom is 0.318 e. The van der Waals surface area contributed by atoms with E-state index in [1.807, 2.05) is 65.6 Å². The molecule has 132 valence electrons. The number of benzene rings is 2. The predicted molar refractivity (Wildman–Crippen MR) is 109 cm³/mol. The lowest BCUT2D eigenvalue weighted by atomic mass is 9.88. The van der Waals surface area contributed by atoms with Gasteiger partial charge in [0.2, 0.25) is 0 Å². The molecule has 0 bridgehead atoms. The summed E-state index contributed by atoms with van der Waals surface area (Å²) in [6.07, 6.45) is 3.37. The number of esters is 1. The average molecular weight is 459 g/mol. The third-order valence-electron chi connectivity index (χ3n) is 4.05. The average Bonchev–Trinajstić information content (AvgIpc) is 2.72. The maximum absolute atomic E-state index is 12.8. The summed E-state index contributed by atoms with van der Waals surface area (Å²) in [7, 11) is 0. The van der Waals surface area contributed by atoms with Crippen LogP contribution in [0.1, 0.15) is 22.6 Å². The van der Waals surface area contributed by atoms with Crippen LogP contribution in [-0.4, -0.2) is 15.9 Å². The Balaban J connectivity index is 0.000000948. The number of carbonyl (C=O) groups is 1. The fraction of sp³-hybridized carbons (Fsp3) is 0.143. The van der Waals surface area contributed by atoms with Crippen LogP contribution >= 0.6 is 22.6 Å². The number of fused-ring (bicyclic) bond motifs is 2. The van der Waals surface area contributed by atoms with E-state index in [1.54, 1.807) is 12.4 Å². The first-order chi connectivity index (χ1) is 12.8. The number of alkyl halides is 1. The van der Waals surface area contributed by atoms with Crippen LogP contribution in [0.5, 0.6) is 11.5 Å². The third-order valence-corrected chi connectivity index (χ3v) is 4.05. The number of ether oxygens (including phenoxy) is 2. The molecule has 5 heteroatoms. The van der Waals surface area contributed by atoms with Gasteiger partial charge in [-0.3, -0.25) is 9.78 Å². The molecule has 0 N–H and O–H groups in total. The minimum Gasteiger partial charge on any atom is -0.460 e. The van der Waals surface area contributed by atoms with E-state index in [2.05, 4.69) is 27.6 Å². The zero-order valence-electron chi connectivity index (χ0n) is 14.3. The van der Waals surface area contributed by atoms with Gasteiger partial charge in [-0.2, -0.15) is 0 Å². The van der Waals surface area contributed by atoms with Crippen LogP contribution < -0.4 is 4.74 Å². The number of rotatable bonds is 3. The summed E-state index contributed by atoms with van der Waals surface area (Å²) >= 11 is 2.15. The summed E-state index contributed by atoms with van der Waals surface area (Å²) < 4.78 is 11.5. The molecular formula is C21H18INO3. The van der Waals surface area contributed by atoms with Crippen molar-refractivity contribution in [2.24, 2.45) is 0 Å². The van der Waals surface area contributed by atoms with Crippen LogP contribution in [0.15, 0.2) is 73.1 Å². The molecule has 2 aromatic carbocycles. The van der Waals surface area contributed by atoms with E-state index in [-0.39, 0.29) is 12.6 Å². The van der Waals surface area contributed by atoms with Crippen molar-refractivity contribution in [3.63, 3.8) is 0 Å². The molecule has 1 aliphatic heterocycles. The van der Waals surface area contributed by atoms with Crippen LogP contribution in [0.3, 0.4) is 0 Å². The predicted octanol–water partition coefficient (Wildman–Crippen LogP) is 5.11. The number of pyridine rings is 1. The van der Waals surface area contributed by atoms with Crippen LogP contribution in [0.25, 0.3) is 0 Å². The topological polar surface area (TPSA) is 48.4 Å². The molecule has 0 amide bonds. The highest BCUT2D eigenvalue weighted by Gasteiger charge is 2.33. The van der Waals surface area contributed by atoms with Gasteiger partial charge in [-0.25, -0.2) is 0 Å². The van der Waals surface area contributed by atoms with Gasteiger partial charge >= 0.3 is 5.97 Å². The second kappa shape index (κ2) is 8.80. The molecule has 2 heterocycles. The Bertz CT molecular complexity index is 838. The highest BCUT2D eigenvalue weighted by molar-refractivity contribution is 14.1. The zero-order valence-corrected chi connectivity index (χ0v) is 16.4. The van der Waals surface area contributed by atoms with Gasteiger partial charge in [0, 0.05) is 23.5 Å². The minimum atomic E-state index is -0.479. The smallest absolute Gasteiger partial charge is 0.318 e.